The number of thioether (sulfide) groups is 1. The van der Waals surface area contributed by atoms with E-state index in [-0.39, 0.29) is 0 Å². The SMILES string of the molecule is CCC1CCC(N)C(Sc2ccc(OC)cc2)C1. The molecule has 3 heteroatoms. The van der Waals surface area contributed by atoms with E-state index in [9.17, 15) is 0 Å². The van der Waals surface area contributed by atoms with Crippen LogP contribution in [-0.4, -0.2) is 18.4 Å². The fourth-order valence-corrected chi connectivity index (χ4v) is 3.89. The Balaban J connectivity index is 1.97. The normalized spacial score (nSPS) is 28.1. The van der Waals surface area contributed by atoms with E-state index in [0.29, 0.717) is 11.3 Å². The van der Waals surface area contributed by atoms with E-state index >= 15 is 0 Å². The summed E-state index contributed by atoms with van der Waals surface area (Å²) in [6.07, 6.45) is 5.02. The van der Waals surface area contributed by atoms with Gasteiger partial charge in [-0.15, -0.1) is 11.8 Å². The monoisotopic (exact) mass is 265 g/mol. The summed E-state index contributed by atoms with van der Waals surface area (Å²) in [5.74, 6) is 1.78. The molecule has 2 nitrogen and oxygen atoms in total. The van der Waals surface area contributed by atoms with Crippen LogP contribution in [0.3, 0.4) is 0 Å². The Morgan fingerprint density at radius 2 is 2.00 bits per heavy atom. The van der Waals surface area contributed by atoms with Crippen LogP contribution in [0, 0.1) is 5.92 Å². The topological polar surface area (TPSA) is 35.2 Å². The first-order valence-corrected chi connectivity index (χ1v) is 7.67. The third kappa shape index (κ3) is 3.42. The van der Waals surface area contributed by atoms with Crippen LogP contribution in [0.15, 0.2) is 29.2 Å². The number of ether oxygens (including phenoxy) is 1. The van der Waals surface area contributed by atoms with Gasteiger partial charge in [0.1, 0.15) is 5.75 Å². The summed E-state index contributed by atoms with van der Waals surface area (Å²) in [6.45, 7) is 2.29. The molecule has 0 spiro atoms. The van der Waals surface area contributed by atoms with Gasteiger partial charge in [-0.05, 0) is 49.4 Å². The highest BCUT2D eigenvalue weighted by atomic mass is 32.2. The van der Waals surface area contributed by atoms with Crippen LogP contribution in [0.25, 0.3) is 0 Å². The van der Waals surface area contributed by atoms with E-state index in [1.807, 2.05) is 23.9 Å². The highest BCUT2D eigenvalue weighted by Gasteiger charge is 2.27. The smallest absolute Gasteiger partial charge is 0.118 e. The molecule has 0 aliphatic heterocycles. The molecule has 0 amide bonds. The van der Waals surface area contributed by atoms with Gasteiger partial charge in [0.2, 0.25) is 0 Å². The highest BCUT2D eigenvalue weighted by Crippen LogP contribution is 2.37. The molecule has 0 aromatic heterocycles. The van der Waals surface area contributed by atoms with E-state index in [4.69, 9.17) is 10.5 Å². The van der Waals surface area contributed by atoms with Gasteiger partial charge in [-0.25, -0.2) is 0 Å². The van der Waals surface area contributed by atoms with Crippen molar-refractivity contribution < 1.29 is 4.74 Å². The maximum atomic E-state index is 6.25. The van der Waals surface area contributed by atoms with Crippen LogP contribution in [0.1, 0.15) is 32.6 Å². The van der Waals surface area contributed by atoms with Crippen molar-refractivity contribution in [2.45, 2.75) is 48.8 Å². The van der Waals surface area contributed by atoms with Crippen LogP contribution < -0.4 is 10.5 Å². The fraction of sp³-hybridized carbons (Fsp3) is 0.600. The minimum absolute atomic E-state index is 0.347. The molecule has 1 fully saturated rings. The Bertz CT molecular complexity index is 365. The molecule has 0 bridgehead atoms. The molecule has 1 saturated carbocycles. The van der Waals surface area contributed by atoms with Crippen molar-refractivity contribution in [1.29, 1.82) is 0 Å². The van der Waals surface area contributed by atoms with Crippen molar-refractivity contribution in [3.8, 4) is 5.75 Å². The molecule has 3 atom stereocenters. The molecule has 0 radical (unpaired) electrons. The van der Waals surface area contributed by atoms with Crippen molar-refractivity contribution in [2.75, 3.05) is 7.11 Å². The predicted molar refractivity (Wildman–Crippen MR) is 78.2 cm³/mol. The number of nitrogens with two attached hydrogens (primary N) is 1. The summed E-state index contributed by atoms with van der Waals surface area (Å²) in [6, 6.07) is 8.65. The number of rotatable bonds is 4. The Morgan fingerprint density at radius 3 is 2.61 bits per heavy atom. The molecular weight excluding hydrogens is 242 g/mol. The summed E-state index contributed by atoms with van der Waals surface area (Å²) in [5.41, 5.74) is 6.25. The first-order chi connectivity index (χ1) is 8.72. The number of benzene rings is 1. The van der Waals surface area contributed by atoms with Crippen molar-refractivity contribution in [1.82, 2.24) is 0 Å². The first kappa shape index (κ1) is 13.8. The highest BCUT2D eigenvalue weighted by molar-refractivity contribution is 8.00. The number of hydrogen-bond donors (Lipinski definition) is 1. The summed E-state index contributed by atoms with van der Waals surface area (Å²) < 4.78 is 5.18. The van der Waals surface area contributed by atoms with Gasteiger partial charge >= 0.3 is 0 Å². The van der Waals surface area contributed by atoms with Crippen LogP contribution in [0.2, 0.25) is 0 Å². The lowest BCUT2D eigenvalue weighted by atomic mass is 9.84. The van der Waals surface area contributed by atoms with E-state index in [2.05, 4.69) is 19.1 Å². The largest absolute Gasteiger partial charge is 0.497 e. The van der Waals surface area contributed by atoms with E-state index in [0.717, 1.165) is 11.7 Å². The van der Waals surface area contributed by atoms with Crippen molar-refractivity contribution in [3.05, 3.63) is 24.3 Å². The van der Waals surface area contributed by atoms with E-state index in [1.54, 1.807) is 7.11 Å². The summed E-state index contributed by atoms with van der Waals surface area (Å²) in [5, 5.41) is 0.567. The van der Waals surface area contributed by atoms with Gasteiger partial charge < -0.3 is 10.5 Å². The van der Waals surface area contributed by atoms with Gasteiger partial charge in [-0.1, -0.05) is 13.3 Å². The summed E-state index contributed by atoms with van der Waals surface area (Å²) >= 11 is 1.93. The lowest BCUT2D eigenvalue weighted by Crippen LogP contribution is -2.38. The zero-order chi connectivity index (χ0) is 13.0. The predicted octanol–water partition coefficient (Wildman–Crippen LogP) is 3.69. The fourth-order valence-electron chi connectivity index (χ4n) is 2.57. The summed E-state index contributed by atoms with van der Waals surface area (Å²) in [7, 11) is 1.70. The minimum Gasteiger partial charge on any atom is -0.497 e. The molecule has 100 valence electrons. The molecule has 0 heterocycles. The van der Waals surface area contributed by atoms with Crippen LogP contribution in [0.5, 0.6) is 5.75 Å². The third-order valence-electron chi connectivity index (χ3n) is 3.88. The van der Waals surface area contributed by atoms with E-state index < -0.39 is 0 Å². The van der Waals surface area contributed by atoms with Crippen LogP contribution >= 0.6 is 11.8 Å². The second-order valence-electron chi connectivity index (χ2n) is 5.08. The molecular formula is C15H23NOS. The van der Waals surface area contributed by atoms with Gasteiger partial charge in [0.15, 0.2) is 0 Å². The van der Waals surface area contributed by atoms with Crippen LogP contribution in [-0.2, 0) is 0 Å². The second kappa shape index (κ2) is 6.48. The lowest BCUT2D eigenvalue weighted by molar-refractivity contribution is 0.327. The molecule has 1 aromatic rings. The molecule has 2 rings (SSSR count). The van der Waals surface area contributed by atoms with Gasteiger partial charge in [-0.2, -0.15) is 0 Å². The Labute approximate surface area is 114 Å². The maximum absolute atomic E-state index is 6.25. The zero-order valence-electron chi connectivity index (χ0n) is 11.3. The first-order valence-electron chi connectivity index (χ1n) is 6.79. The number of hydrogen-bond acceptors (Lipinski definition) is 3. The molecule has 1 aliphatic carbocycles. The third-order valence-corrected chi connectivity index (χ3v) is 5.26. The zero-order valence-corrected chi connectivity index (χ0v) is 12.1. The van der Waals surface area contributed by atoms with Crippen molar-refractivity contribution in [2.24, 2.45) is 11.7 Å². The Kier molecular flexibility index (Phi) is 4.95. The Morgan fingerprint density at radius 1 is 1.28 bits per heavy atom. The van der Waals surface area contributed by atoms with Gasteiger partial charge in [-0.3, -0.25) is 0 Å². The van der Waals surface area contributed by atoms with Crippen molar-refractivity contribution in [3.63, 3.8) is 0 Å². The Hall–Kier alpha value is -0.670. The maximum Gasteiger partial charge on any atom is 0.118 e. The minimum atomic E-state index is 0.347. The average Bonchev–Trinajstić information content (AvgIpc) is 2.42. The standard InChI is InChI=1S/C15H23NOS/c1-3-11-4-9-14(16)15(10-11)18-13-7-5-12(17-2)6-8-13/h5-8,11,14-15H,3-4,9-10,16H2,1-2H3. The van der Waals surface area contributed by atoms with Gasteiger partial charge in [0.25, 0.3) is 0 Å². The molecule has 2 N–H and O–H groups in total. The molecule has 1 aromatic carbocycles. The number of methoxy groups -OCH3 is 1. The molecule has 0 saturated heterocycles. The average molecular weight is 265 g/mol. The molecule has 18 heavy (non-hydrogen) atoms. The van der Waals surface area contributed by atoms with Gasteiger partial charge in [0, 0.05) is 16.2 Å². The second-order valence-corrected chi connectivity index (χ2v) is 6.40. The van der Waals surface area contributed by atoms with Gasteiger partial charge in [0.05, 0.1) is 7.11 Å². The molecule has 3 unspecified atom stereocenters. The lowest BCUT2D eigenvalue weighted by Gasteiger charge is -2.33. The quantitative estimate of drug-likeness (QED) is 0.901. The molecule has 1 aliphatic rings. The van der Waals surface area contributed by atoms with Crippen molar-refractivity contribution >= 4 is 11.8 Å². The van der Waals surface area contributed by atoms with E-state index in [1.165, 1.54) is 30.6 Å². The van der Waals surface area contributed by atoms with Crippen LogP contribution in [0.4, 0.5) is 0 Å². The summed E-state index contributed by atoms with van der Waals surface area (Å²) in [4.78, 5) is 1.30.